The third-order valence-electron chi connectivity index (χ3n) is 3.71. The summed E-state index contributed by atoms with van der Waals surface area (Å²) in [5.74, 6) is 0. The van der Waals surface area contributed by atoms with Crippen molar-refractivity contribution < 1.29 is 4.74 Å². The van der Waals surface area contributed by atoms with Crippen molar-refractivity contribution in [1.82, 2.24) is 4.90 Å². The first-order chi connectivity index (χ1) is 8.93. The summed E-state index contributed by atoms with van der Waals surface area (Å²) in [4.78, 5) is 2.42. The maximum Gasteiger partial charge on any atom is 0.0753 e. The van der Waals surface area contributed by atoms with Gasteiger partial charge in [-0.25, -0.2) is 0 Å². The fraction of sp³-hybridized carbons (Fsp3) is 0.600. The summed E-state index contributed by atoms with van der Waals surface area (Å²) in [6.07, 6.45) is 0. The number of aryl methyl sites for hydroxylation is 1. The number of halogens is 1. The minimum absolute atomic E-state index is 0.105. The van der Waals surface area contributed by atoms with E-state index in [1.54, 1.807) is 0 Å². The monoisotopic (exact) mass is 282 g/mol. The van der Waals surface area contributed by atoms with Gasteiger partial charge in [-0.3, -0.25) is 4.90 Å². The summed E-state index contributed by atoms with van der Waals surface area (Å²) < 4.78 is 5.77. The minimum atomic E-state index is -0.105. The second-order valence-electron chi connectivity index (χ2n) is 5.83. The number of morpholine rings is 1. The van der Waals surface area contributed by atoms with E-state index in [0.29, 0.717) is 6.54 Å². The van der Waals surface area contributed by atoms with E-state index in [1.165, 1.54) is 11.1 Å². The number of hydrogen-bond donors (Lipinski definition) is 1. The van der Waals surface area contributed by atoms with Crippen molar-refractivity contribution in [2.75, 3.05) is 26.2 Å². The zero-order valence-electron chi connectivity index (χ0n) is 11.9. The molecule has 1 saturated heterocycles. The van der Waals surface area contributed by atoms with Crippen LogP contribution < -0.4 is 5.73 Å². The molecule has 19 heavy (non-hydrogen) atoms. The van der Waals surface area contributed by atoms with E-state index < -0.39 is 0 Å². The molecule has 1 aromatic rings. The van der Waals surface area contributed by atoms with Gasteiger partial charge in [-0.05, 0) is 44.0 Å². The van der Waals surface area contributed by atoms with Crippen molar-refractivity contribution in [1.29, 1.82) is 0 Å². The van der Waals surface area contributed by atoms with Crippen molar-refractivity contribution in [2.45, 2.75) is 32.4 Å². The highest BCUT2D eigenvalue weighted by Crippen LogP contribution is 2.29. The van der Waals surface area contributed by atoms with Crippen LogP contribution >= 0.6 is 11.6 Å². The molecule has 1 aliphatic heterocycles. The van der Waals surface area contributed by atoms with Gasteiger partial charge in [-0.1, -0.05) is 17.7 Å². The lowest BCUT2D eigenvalue weighted by Crippen LogP contribution is -2.50. The molecule has 2 rings (SSSR count). The van der Waals surface area contributed by atoms with E-state index in [-0.39, 0.29) is 11.6 Å². The predicted octanol–water partition coefficient (Wildman–Crippen LogP) is 2.76. The Morgan fingerprint density at radius 2 is 2.21 bits per heavy atom. The molecule has 1 aromatic carbocycles. The summed E-state index contributed by atoms with van der Waals surface area (Å²) in [6, 6.07) is 6.28. The third kappa shape index (κ3) is 3.48. The maximum atomic E-state index is 6.03. The Morgan fingerprint density at radius 3 is 2.79 bits per heavy atom. The van der Waals surface area contributed by atoms with Crippen LogP contribution in [-0.2, 0) is 4.74 Å². The zero-order valence-corrected chi connectivity index (χ0v) is 12.7. The van der Waals surface area contributed by atoms with E-state index in [9.17, 15) is 0 Å². The highest BCUT2D eigenvalue weighted by molar-refractivity contribution is 6.30. The van der Waals surface area contributed by atoms with Gasteiger partial charge in [0.15, 0.2) is 0 Å². The van der Waals surface area contributed by atoms with Gasteiger partial charge in [0.25, 0.3) is 0 Å². The van der Waals surface area contributed by atoms with Crippen LogP contribution in [0.15, 0.2) is 18.2 Å². The summed E-state index contributed by atoms with van der Waals surface area (Å²) in [6.45, 7) is 9.54. The number of benzene rings is 1. The first-order valence-electron chi connectivity index (χ1n) is 6.77. The van der Waals surface area contributed by atoms with Gasteiger partial charge in [0.05, 0.1) is 12.2 Å². The smallest absolute Gasteiger partial charge is 0.0753 e. The molecule has 2 N–H and O–H groups in total. The fourth-order valence-corrected chi connectivity index (χ4v) is 3.03. The molecule has 106 valence electrons. The molecule has 4 heteroatoms. The SMILES string of the molecule is Cc1cc(Cl)ccc1C(CN)N1CCOC(C)(C)C1. The van der Waals surface area contributed by atoms with Gasteiger partial charge >= 0.3 is 0 Å². The molecule has 3 nitrogen and oxygen atoms in total. The summed E-state index contributed by atoms with van der Waals surface area (Å²) in [5.41, 5.74) is 8.38. The van der Waals surface area contributed by atoms with Gasteiger partial charge < -0.3 is 10.5 Å². The molecule has 0 radical (unpaired) electrons. The highest BCUT2D eigenvalue weighted by Gasteiger charge is 2.31. The van der Waals surface area contributed by atoms with Crippen LogP contribution in [0.2, 0.25) is 5.02 Å². The van der Waals surface area contributed by atoms with Gasteiger partial charge in [0.2, 0.25) is 0 Å². The molecular weight excluding hydrogens is 260 g/mol. The normalized spacial score (nSPS) is 21.3. The van der Waals surface area contributed by atoms with Crippen molar-refractivity contribution in [3.8, 4) is 0 Å². The molecular formula is C15H23ClN2O. The van der Waals surface area contributed by atoms with Crippen LogP contribution in [0.5, 0.6) is 0 Å². The van der Waals surface area contributed by atoms with E-state index in [4.69, 9.17) is 22.1 Å². The van der Waals surface area contributed by atoms with E-state index in [0.717, 1.165) is 24.7 Å². The van der Waals surface area contributed by atoms with Crippen molar-refractivity contribution in [3.05, 3.63) is 34.3 Å². The number of hydrogen-bond acceptors (Lipinski definition) is 3. The quantitative estimate of drug-likeness (QED) is 0.926. The largest absolute Gasteiger partial charge is 0.373 e. The average Bonchev–Trinajstić information content (AvgIpc) is 2.31. The average molecular weight is 283 g/mol. The molecule has 0 bridgehead atoms. The lowest BCUT2D eigenvalue weighted by Gasteiger charge is -2.42. The summed E-state index contributed by atoms with van der Waals surface area (Å²) in [5, 5.41) is 0.777. The Kier molecular flexibility index (Phi) is 4.51. The fourth-order valence-electron chi connectivity index (χ4n) is 2.80. The topological polar surface area (TPSA) is 38.5 Å². The van der Waals surface area contributed by atoms with Crippen LogP contribution in [-0.4, -0.2) is 36.7 Å². The van der Waals surface area contributed by atoms with Crippen molar-refractivity contribution >= 4 is 11.6 Å². The molecule has 1 unspecified atom stereocenters. The van der Waals surface area contributed by atoms with Crippen LogP contribution in [0.3, 0.4) is 0 Å². The molecule has 1 heterocycles. The summed E-state index contributed by atoms with van der Waals surface area (Å²) in [7, 11) is 0. The number of ether oxygens (including phenoxy) is 1. The number of nitrogens with two attached hydrogens (primary N) is 1. The van der Waals surface area contributed by atoms with Gasteiger partial charge in [-0.15, -0.1) is 0 Å². The first-order valence-corrected chi connectivity index (χ1v) is 7.15. The summed E-state index contributed by atoms with van der Waals surface area (Å²) >= 11 is 6.03. The van der Waals surface area contributed by atoms with E-state index in [2.05, 4.69) is 31.7 Å². The number of rotatable bonds is 3. The zero-order chi connectivity index (χ0) is 14.0. The van der Waals surface area contributed by atoms with E-state index in [1.807, 2.05) is 12.1 Å². The Balaban J connectivity index is 2.24. The van der Waals surface area contributed by atoms with Crippen LogP contribution in [0, 0.1) is 6.92 Å². The van der Waals surface area contributed by atoms with E-state index >= 15 is 0 Å². The Hall–Kier alpha value is -0.610. The molecule has 0 saturated carbocycles. The molecule has 1 aliphatic rings. The second kappa shape index (κ2) is 5.80. The standard InChI is InChI=1S/C15H23ClN2O/c1-11-8-12(16)4-5-13(11)14(9-17)18-6-7-19-15(2,3)10-18/h4-5,8,14H,6-7,9-10,17H2,1-3H3. The van der Waals surface area contributed by atoms with Crippen molar-refractivity contribution in [3.63, 3.8) is 0 Å². The molecule has 0 aromatic heterocycles. The lowest BCUT2D eigenvalue weighted by atomic mass is 9.97. The van der Waals surface area contributed by atoms with Crippen LogP contribution in [0.4, 0.5) is 0 Å². The third-order valence-corrected chi connectivity index (χ3v) is 3.95. The highest BCUT2D eigenvalue weighted by atomic mass is 35.5. The molecule has 0 aliphatic carbocycles. The minimum Gasteiger partial charge on any atom is -0.373 e. The van der Waals surface area contributed by atoms with Crippen molar-refractivity contribution in [2.24, 2.45) is 5.73 Å². The van der Waals surface area contributed by atoms with Gasteiger partial charge in [0.1, 0.15) is 0 Å². The molecule has 0 spiro atoms. The first kappa shape index (κ1) is 14.8. The number of nitrogens with zero attached hydrogens (tertiary/aromatic N) is 1. The molecule has 1 atom stereocenters. The van der Waals surface area contributed by atoms with Gasteiger partial charge in [-0.2, -0.15) is 0 Å². The lowest BCUT2D eigenvalue weighted by molar-refractivity contribution is -0.0967. The van der Waals surface area contributed by atoms with Crippen LogP contribution in [0.25, 0.3) is 0 Å². The van der Waals surface area contributed by atoms with Crippen LogP contribution in [0.1, 0.15) is 31.0 Å². The maximum absolute atomic E-state index is 6.03. The Morgan fingerprint density at radius 1 is 1.47 bits per heavy atom. The van der Waals surface area contributed by atoms with Gasteiger partial charge in [0, 0.05) is 30.7 Å². The molecule has 1 fully saturated rings. The Labute approximate surface area is 120 Å². The second-order valence-corrected chi connectivity index (χ2v) is 6.27. The Bertz CT molecular complexity index is 448. The molecule has 0 amide bonds. The predicted molar refractivity (Wildman–Crippen MR) is 79.6 cm³/mol.